The number of hydrogen-bond acceptors (Lipinski definition) is 4. The zero-order valence-corrected chi connectivity index (χ0v) is 12.0. The number of aliphatic carboxylic acids is 1. The Bertz CT molecular complexity index is 483. The summed E-state index contributed by atoms with van der Waals surface area (Å²) in [4.78, 5) is 28.8. The van der Waals surface area contributed by atoms with Crippen molar-refractivity contribution in [2.45, 2.75) is 24.8 Å². The molecular formula is C13H17N3O3S. The van der Waals surface area contributed by atoms with E-state index < -0.39 is 12.0 Å². The Labute approximate surface area is 121 Å². The van der Waals surface area contributed by atoms with Crippen LogP contribution in [0.5, 0.6) is 0 Å². The third-order valence-corrected chi connectivity index (χ3v) is 4.34. The van der Waals surface area contributed by atoms with Gasteiger partial charge in [-0.15, -0.1) is 11.8 Å². The zero-order valence-electron chi connectivity index (χ0n) is 11.2. The standard InChI is InChI=1S/C13H17N3O3S/c1-9-16(11(8-20-9)12(17)18)13(19)15-7-5-10-4-2-3-6-14-10/h2-4,6,9,11H,5,7-8H2,1H3,(H,15,19)(H,17,18). The molecule has 1 aliphatic heterocycles. The first-order chi connectivity index (χ1) is 9.59. The first kappa shape index (κ1) is 14.6. The number of carboxylic acid groups (broad SMARTS) is 1. The van der Waals surface area contributed by atoms with Gasteiger partial charge in [0.25, 0.3) is 0 Å². The lowest BCUT2D eigenvalue weighted by atomic mass is 10.2. The van der Waals surface area contributed by atoms with Crippen LogP contribution in [-0.2, 0) is 11.2 Å². The summed E-state index contributed by atoms with van der Waals surface area (Å²) in [5.74, 6) is -0.522. The molecule has 1 aromatic rings. The molecule has 2 amide bonds. The average Bonchev–Trinajstić information content (AvgIpc) is 2.82. The van der Waals surface area contributed by atoms with E-state index in [4.69, 9.17) is 5.11 Å². The highest BCUT2D eigenvalue weighted by Gasteiger charge is 2.39. The summed E-state index contributed by atoms with van der Waals surface area (Å²) < 4.78 is 0. The van der Waals surface area contributed by atoms with Gasteiger partial charge in [0.05, 0.1) is 5.37 Å². The van der Waals surface area contributed by atoms with Crippen molar-refractivity contribution in [1.82, 2.24) is 15.2 Å². The van der Waals surface area contributed by atoms with Gasteiger partial charge in [0.1, 0.15) is 6.04 Å². The van der Waals surface area contributed by atoms with Crippen LogP contribution < -0.4 is 5.32 Å². The molecule has 2 heterocycles. The van der Waals surface area contributed by atoms with E-state index in [1.807, 2.05) is 25.1 Å². The quantitative estimate of drug-likeness (QED) is 0.871. The number of urea groups is 1. The molecule has 6 nitrogen and oxygen atoms in total. The van der Waals surface area contributed by atoms with Gasteiger partial charge >= 0.3 is 12.0 Å². The van der Waals surface area contributed by atoms with Crippen LogP contribution in [0.25, 0.3) is 0 Å². The largest absolute Gasteiger partial charge is 0.480 e. The van der Waals surface area contributed by atoms with Crippen LogP contribution in [0.1, 0.15) is 12.6 Å². The molecule has 0 bridgehead atoms. The molecule has 0 saturated carbocycles. The number of carbonyl (C=O) groups excluding carboxylic acids is 1. The number of rotatable bonds is 4. The smallest absolute Gasteiger partial charge is 0.327 e. The van der Waals surface area contributed by atoms with Gasteiger partial charge in [-0.2, -0.15) is 0 Å². The lowest BCUT2D eigenvalue weighted by molar-refractivity contribution is -0.141. The molecule has 1 saturated heterocycles. The van der Waals surface area contributed by atoms with Crippen LogP contribution in [0.4, 0.5) is 4.79 Å². The molecule has 7 heteroatoms. The van der Waals surface area contributed by atoms with Gasteiger partial charge in [0.2, 0.25) is 0 Å². The zero-order chi connectivity index (χ0) is 14.5. The van der Waals surface area contributed by atoms with E-state index in [0.717, 1.165) is 5.69 Å². The van der Waals surface area contributed by atoms with Crippen LogP contribution in [0.15, 0.2) is 24.4 Å². The molecule has 2 unspecified atom stereocenters. The molecule has 2 rings (SSSR count). The minimum Gasteiger partial charge on any atom is -0.480 e. The second-order valence-electron chi connectivity index (χ2n) is 4.50. The summed E-state index contributed by atoms with van der Waals surface area (Å²) in [5.41, 5.74) is 0.895. The monoisotopic (exact) mass is 295 g/mol. The predicted molar refractivity (Wildman–Crippen MR) is 76.5 cm³/mol. The Morgan fingerprint density at radius 3 is 3.00 bits per heavy atom. The van der Waals surface area contributed by atoms with E-state index in [1.54, 1.807) is 6.20 Å². The minimum absolute atomic E-state index is 0.119. The first-order valence-corrected chi connectivity index (χ1v) is 7.45. The summed E-state index contributed by atoms with van der Waals surface area (Å²) in [6.45, 7) is 2.28. The molecule has 1 aliphatic rings. The Kier molecular flexibility index (Phi) is 4.84. The molecule has 1 fully saturated rings. The van der Waals surface area contributed by atoms with E-state index in [-0.39, 0.29) is 11.4 Å². The summed E-state index contributed by atoms with van der Waals surface area (Å²) in [7, 11) is 0. The van der Waals surface area contributed by atoms with Gasteiger partial charge in [-0.25, -0.2) is 9.59 Å². The molecular weight excluding hydrogens is 278 g/mol. The van der Waals surface area contributed by atoms with Crippen molar-refractivity contribution in [3.63, 3.8) is 0 Å². The minimum atomic E-state index is -0.957. The second kappa shape index (κ2) is 6.60. The third kappa shape index (κ3) is 3.41. The summed E-state index contributed by atoms with van der Waals surface area (Å²) in [5, 5.41) is 11.7. The molecule has 2 atom stereocenters. The second-order valence-corrected chi connectivity index (χ2v) is 5.85. The highest BCUT2D eigenvalue weighted by atomic mass is 32.2. The van der Waals surface area contributed by atoms with Crippen molar-refractivity contribution in [2.75, 3.05) is 12.3 Å². The molecule has 0 spiro atoms. The summed E-state index contributed by atoms with van der Waals surface area (Å²) in [6.07, 6.45) is 2.33. The number of nitrogens with zero attached hydrogens (tertiary/aromatic N) is 2. The first-order valence-electron chi connectivity index (χ1n) is 6.40. The molecule has 20 heavy (non-hydrogen) atoms. The fourth-order valence-electron chi connectivity index (χ4n) is 2.08. The number of nitrogens with one attached hydrogen (secondary N) is 1. The SMILES string of the molecule is CC1SCC(C(=O)O)N1C(=O)NCCc1ccccn1. The number of carbonyl (C=O) groups is 2. The van der Waals surface area contributed by atoms with Crippen LogP contribution in [0, 0.1) is 0 Å². The normalized spacial score (nSPS) is 21.8. The van der Waals surface area contributed by atoms with E-state index >= 15 is 0 Å². The number of carboxylic acids is 1. The Morgan fingerprint density at radius 1 is 1.55 bits per heavy atom. The van der Waals surface area contributed by atoms with Crippen LogP contribution in [-0.4, -0.2) is 50.7 Å². The van der Waals surface area contributed by atoms with Crippen LogP contribution in [0.3, 0.4) is 0 Å². The number of hydrogen-bond donors (Lipinski definition) is 2. The lowest BCUT2D eigenvalue weighted by Gasteiger charge is -2.25. The molecule has 0 radical (unpaired) electrons. The van der Waals surface area contributed by atoms with Crippen molar-refractivity contribution >= 4 is 23.8 Å². The Hall–Kier alpha value is -1.76. The van der Waals surface area contributed by atoms with E-state index in [1.165, 1.54) is 16.7 Å². The van der Waals surface area contributed by atoms with Gasteiger partial charge in [0.15, 0.2) is 0 Å². The maximum Gasteiger partial charge on any atom is 0.327 e. The van der Waals surface area contributed by atoms with Crippen LogP contribution >= 0.6 is 11.8 Å². The highest BCUT2D eigenvalue weighted by molar-refractivity contribution is 8.00. The molecule has 108 valence electrons. The number of aromatic nitrogens is 1. The maximum atomic E-state index is 12.1. The van der Waals surface area contributed by atoms with Gasteiger partial charge in [-0.1, -0.05) is 6.07 Å². The summed E-state index contributed by atoms with van der Waals surface area (Å²) >= 11 is 1.47. The molecule has 0 aromatic carbocycles. The summed E-state index contributed by atoms with van der Waals surface area (Å²) in [6, 6.07) is 4.54. The highest BCUT2D eigenvalue weighted by Crippen LogP contribution is 2.28. The van der Waals surface area contributed by atoms with E-state index in [0.29, 0.717) is 18.7 Å². The maximum absolute atomic E-state index is 12.1. The number of thioether (sulfide) groups is 1. The van der Waals surface area contributed by atoms with Gasteiger partial charge in [-0.3, -0.25) is 9.88 Å². The van der Waals surface area contributed by atoms with E-state index in [2.05, 4.69) is 10.3 Å². The predicted octanol–water partition coefficient (Wildman–Crippen LogP) is 1.18. The van der Waals surface area contributed by atoms with Gasteiger partial charge < -0.3 is 10.4 Å². The van der Waals surface area contributed by atoms with Crippen LogP contribution in [0.2, 0.25) is 0 Å². The van der Waals surface area contributed by atoms with E-state index in [9.17, 15) is 9.59 Å². The molecule has 1 aromatic heterocycles. The van der Waals surface area contributed by atoms with Gasteiger partial charge in [-0.05, 0) is 19.1 Å². The Morgan fingerprint density at radius 2 is 2.35 bits per heavy atom. The van der Waals surface area contributed by atoms with Crippen molar-refractivity contribution in [2.24, 2.45) is 0 Å². The number of pyridine rings is 1. The van der Waals surface area contributed by atoms with Gasteiger partial charge in [0, 0.05) is 30.6 Å². The Balaban J connectivity index is 1.86. The van der Waals surface area contributed by atoms with Crippen molar-refractivity contribution in [3.8, 4) is 0 Å². The van der Waals surface area contributed by atoms with Crippen molar-refractivity contribution in [3.05, 3.63) is 30.1 Å². The molecule has 2 N–H and O–H groups in total. The topological polar surface area (TPSA) is 82.5 Å². The average molecular weight is 295 g/mol. The lowest BCUT2D eigenvalue weighted by Crippen LogP contribution is -2.49. The van der Waals surface area contributed by atoms with Crippen molar-refractivity contribution in [1.29, 1.82) is 0 Å². The third-order valence-electron chi connectivity index (χ3n) is 3.13. The molecule has 0 aliphatic carbocycles. The fraction of sp³-hybridized carbons (Fsp3) is 0.462. The fourth-order valence-corrected chi connectivity index (χ4v) is 3.24. The van der Waals surface area contributed by atoms with Crippen molar-refractivity contribution < 1.29 is 14.7 Å². The number of amides is 2.